The van der Waals surface area contributed by atoms with Crippen LogP contribution in [0.25, 0.3) is 0 Å². The van der Waals surface area contributed by atoms with Crippen molar-refractivity contribution in [3.8, 4) is 5.75 Å². The molecule has 2 N–H and O–H groups in total. The van der Waals surface area contributed by atoms with E-state index >= 15 is 0 Å². The molecule has 6 heteroatoms. The Kier molecular flexibility index (Phi) is 3.55. The van der Waals surface area contributed by atoms with Gasteiger partial charge in [-0.05, 0) is 25.0 Å². The van der Waals surface area contributed by atoms with Crippen LogP contribution >= 0.6 is 0 Å². The molecule has 2 aliphatic rings. The van der Waals surface area contributed by atoms with Crippen LogP contribution in [0.4, 0.5) is 5.69 Å². The number of fused-ring (bicyclic) bond motifs is 2. The van der Waals surface area contributed by atoms with Gasteiger partial charge in [0.1, 0.15) is 5.75 Å². The molecule has 0 saturated carbocycles. The maximum absolute atomic E-state index is 12.5. The molecule has 2 bridgehead atoms. The number of carbonyl (C=O) groups is 2. The largest absolute Gasteiger partial charge is 0.495 e. The number of ether oxygens (including phenoxy) is 2. The number of nitrogens with one attached hydrogen (secondary N) is 1. The van der Waals surface area contributed by atoms with Crippen molar-refractivity contribution in [1.82, 2.24) is 0 Å². The number of hydrogen-bond donors (Lipinski definition) is 2. The van der Waals surface area contributed by atoms with Gasteiger partial charge in [0.15, 0.2) is 0 Å². The van der Waals surface area contributed by atoms with E-state index in [-0.39, 0.29) is 18.1 Å². The van der Waals surface area contributed by atoms with Gasteiger partial charge in [-0.2, -0.15) is 0 Å². The maximum atomic E-state index is 12.5. The van der Waals surface area contributed by atoms with E-state index < -0.39 is 17.8 Å². The van der Waals surface area contributed by atoms with E-state index in [1.54, 1.807) is 24.3 Å². The number of carboxylic acid groups (broad SMARTS) is 1. The molecule has 0 aliphatic carbocycles. The number of methoxy groups -OCH3 is 1. The zero-order valence-corrected chi connectivity index (χ0v) is 11.6. The topological polar surface area (TPSA) is 84.9 Å². The Hall–Kier alpha value is -2.08. The molecule has 2 aliphatic heterocycles. The lowest BCUT2D eigenvalue weighted by atomic mass is 9.78. The molecule has 2 heterocycles. The third-order valence-electron chi connectivity index (χ3n) is 4.23. The van der Waals surface area contributed by atoms with Crippen molar-refractivity contribution in [2.75, 3.05) is 12.4 Å². The zero-order chi connectivity index (χ0) is 15.0. The number of aliphatic carboxylic acids is 1. The Morgan fingerprint density at radius 1 is 1.24 bits per heavy atom. The van der Waals surface area contributed by atoms with E-state index in [4.69, 9.17) is 9.47 Å². The second-order valence-electron chi connectivity index (χ2n) is 5.37. The van der Waals surface area contributed by atoms with Gasteiger partial charge in [0.2, 0.25) is 5.91 Å². The van der Waals surface area contributed by atoms with Crippen molar-refractivity contribution in [3.63, 3.8) is 0 Å². The maximum Gasteiger partial charge on any atom is 0.310 e. The molecule has 0 aromatic heterocycles. The molecule has 112 valence electrons. The van der Waals surface area contributed by atoms with Crippen LogP contribution in [-0.4, -0.2) is 36.3 Å². The van der Waals surface area contributed by atoms with E-state index in [0.29, 0.717) is 17.9 Å². The number of carbonyl (C=O) groups excluding carboxylic acids is 1. The molecular weight excluding hydrogens is 274 g/mol. The van der Waals surface area contributed by atoms with Gasteiger partial charge in [0.05, 0.1) is 36.8 Å². The van der Waals surface area contributed by atoms with Crippen LogP contribution in [0.3, 0.4) is 0 Å². The molecule has 3 rings (SSSR count). The van der Waals surface area contributed by atoms with Crippen LogP contribution in [0, 0.1) is 11.8 Å². The predicted octanol–water partition coefficient (Wildman–Crippen LogP) is 1.51. The van der Waals surface area contributed by atoms with Gasteiger partial charge < -0.3 is 19.9 Å². The lowest BCUT2D eigenvalue weighted by Crippen LogP contribution is -2.41. The van der Waals surface area contributed by atoms with Gasteiger partial charge in [-0.25, -0.2) is 0 Å². The van der Waals surface area contributed by atoms with Crippen LogP contribution in [0.15, 0.2) is 24.3 Å². The van der Waals surface area contributed by atoms with Crippen LogP contribution in [-0.2, 0) is 14.3 Å². The third-order valence-corrected chi connectivity index (χ3v) is 4.23. The molecule has 4 unspecified atom stereocenters. The molecule has 4 atom stereocenters. The predicted molar refractivity (Wildman–Crippen MR) is 74.1 cm³/mol. The van der Waals surface area contributed by atoms with Crippen LogP contribution in [0.2, 0.25) is 0 Å². The summed E-state index contributed by atoms with van der Waals surface area (Å²) in [6.07, 6.45) is 0.796. The summed E-state index contributed by atoms with van der Waals surface area (Å²) in [7, 11) is 1.52. The van der Waals surface area contributed by atoms with Crippen LogP contribution in [0.1, 0.15) is 12.8 Å². The standard InChI is InChI=1S/C15H17NO5/c1-20-9-5-3-2-4-8(9)16-14(17)12-10-6-7-11(21-10)13(12)15(18)19/h2-5,10-13H,6-7H2,1H3,(H,16,17)(H,18,19). The molecule has 1 amide bonds. The van der Waals surface area contributed by atoms with E-state index in [0.717, 1.165) is 6.42 Å². The summed E-state index contributed by atoms with van der Waals surface area (Å²) >= 11 is 0. The van der Waals surface area contributed by atoms with Gasteiger partial charge >= 0.3 is 5.97 Å². The molecule has 21 heavy (non-hydrogen) atoms. The van der Waals surface area contributed by atoms with Crippen molar-refractivity contribution in [2.45, 2.75) is 25.0 Å². The Bertz CT molecular complexity index is 573. The van der Waals surface area contributed by atoms with Crippen molar-refractivity contribution >= 4 is 17.6 Å². The first kappa shape index (κ1) is 13.9. The van der Waals surface area contributed by atoms with Crippen molar-refractivity contribution < 1.29 is 24.2 Å². The number of hydrogen-bond acceptors (Lipinski definition) is 4. The van der Waals surface area contributed by atoms with Gasteiger partial charge in [-0.3, -0.25) is 9.59 Å². The minimum atomic E-state index is -0.970. The number of para-hydroxylation sites is 2. The highest BCUT2D eigenvalue weighted by Gasteiger charge is 2.55. The highest BCUT2D eigenvalue weighted by atomic mass is 16.5. The Morgan fingerprint density at radius 3 is 2.57 bits per heavy atom. The number of carboxylic acids is 1. The molecule has 2 fully saturated rings. The fourth-order valence-electron chi connectivity index (χ4n) is 3.29. The van der Waals surface area contributed by atoms with Gasteiger partial charge in [0, 0.05) is 0 Å². The van der Waals surface area contributed by atoms with E-state index in [2.05, 4.69) is 5.32 Å². The first-order valence-electron chi connectivity index (χ1n) is 6.94. The minimum Gasteiger partial charge on any atom is -0.495 e. The number of anilines is 1. The average molecular weight is 291 g/mol. The van der Waals surface area contributed by atoms with Crippen molar-refractivity contribution in [1.29, 1.82) is 0 Å². The fraction of sp³-hybridized carbons (Fsp3) is 0.467. The molecular formula is C15H17NO5. The highest BCUT2D eigenvalue weighted by Crippen LogP contribution is 2.44. The first-order chi connectivity index (χ1) is 10.1. The molecule has 0 spiro atoms. The fourth-order valence-corrected chi connectivity index (χ4v) is 3.29. The van der Waals surface area contributed by atoms with Gasteiger partial charge in [0.25, 0.3) is 0 Å². The quantitative estimate of drug-likeness (QED) is 0.878. The average Bonchev–Trinajstić information content (AvgIpc) is 3.08. The Morgan fingerprint density at radius 2 is 1.90 bits per heavy atom. The van der Waals surface area contributed by atoms with E-state index in [9.17, 15) is 14.7 Å². The summed E-state index contributed by atoms with van der Waals surface area (Å²) in [6, 6.07) is 7.04. The minimum absolute atomic E-state index is 0.300. The molecule has 1 aromatic rings. The molecule has 1 aromatic carbocycles. The van der Waals surface area contributed by atoms with Crippen molar-refractivity contribution in [3.05, 3.63) is 24.3 Å². The second kappa shape index (κ2) is 5.37. The highest BCUT2D eigenvalue weighted by molar-refractivity contribution is 5.97. The summed E-state index contributed by atoms with van der Waals surface area (Å²) in [4.78, 5) is 23.9. The Balaban J connectivity index is 1.80. The molecule has 2 saturated heterocycles. The summed E-state index contributed by atoms with van der Waals surface area (Å²) < 4.78 is 10.8. The smallest absolute Gasteiger partial charge is 0.310 e. The van der Waals surface area contributed by atoms with E-state index in [1.807, 2.05) is 0 Å². The summed E-state index contributed by atoms with van der Waals surface area (Å²) in [5.74, 6) is -2.16. The lowest BCUT2D eigenvalue weighted by Gasteiger charge is -2.24. The number of amides is 1. The first-order valence-corrected chi connectivity index (χ1v) is 6.94. The molecule has 0 radical (unpaired) electrons. The SMILES string of the molecule is COc1ccccc1NC(=O)C1C2CCC(O2)C1C(=O)O. The number of rotatable bonds is 4. The summed E-state index contributed by atoms with van der Waals surface area (Å²) in [5, 5.41) is 12.1. The summed E-state index contributed by atoms with van der Waals surface area (Å²) in [5.41, 5.74) is 0.539. The van der Waals surface area contributed by atoms with E-state index in [1.165, 1.54) is 7.11 Å². The van der Waals surface area contributed by atoms with Crippen LogP contribution in [0.5, 0.6) is 5.75 Å². The normalized spacial score (nSPS) is 30.1. The number of benzene rings is 1. The monoisotopic (exact) mass is 291 g/mol. The molecule has 6 nitrogen and oxygen atoms in total. The van der Waals surface area contributed by atoms with Crippen molar-refractivity contribution in [2.24, 2.45) is 11.8 Å². The van der Waals surface area contributed by atoms with Gasteiger partial charge in [-0.15, -0.1) is 0 Å². The summed E-state index contributed by atoms with van der Waals surface area (Å²) in [6.45, 7) is 0. The lowest BCUT2D eigenvalue weighted by molar-refractivity contribution is -0.147. The van der Waals surface area contributed by atoms with Crippen LogP contribution < -0.4 is 10.1 Å². The Labute approximate surface area is 122 Å². The van der Waals surface area contributed by atoms with Gasteiger partial charge in [-0.1, -0.05) is 12.1 Å². The second-order valence-corrected chi connectivity index (χ2v) is 5.37. The third kappa shape index (κ3) is 2.35. The zero-order valence-electron chi connectivity index (χ0n) is 11.6.